The average Bonchev–Trinajstić information content (AvgIpc) is 2.49. The maximum absolute atomic E-state index is 13.1. The zero-order valence-corrected chi connectivity index (χ0v) is 11.2. The number of nitrogens with zero attached hydrogens (tertiary/aromatic N) is 1. The van der Waals surface area contributed by atoms with Crippen molar-refractivity contribution in [2.45, 2.75) is 32.2 Å². The lowest BCUT2D eigenvalue weighted by Gasteiger charge is -2.17. The maximum atomic E-state index is 13.1. The Morgan fingerprint density at radius 1 is 1.15 bits per heavy atom. The van der Waals surface area contributed by atoms with E-state index in [-0.39, 0.29) is 6.54 Å². The second kappa shape index (κ2) is 5.59. The van der Waals surface area contributed by atoms with Gasteiger partial charge in [0.2, 0.25) is 5.88 Å². The van der Waals surface area contributed by atoms with Gasteiger partial charge in [0.15, 0.2) is 0 Å². The van der Waals surface area contributed by atoms with Gasteiger partial charge >= 0.3 is 0 Å². The van der Waals surface area contributed by atoms with Gasteiger partial charge in [0.05, 0.1) is 6.20 Å². The van der Waals surface area contributed by atoms with E-state index in [9.17, 15) is 4.39 Å². The van der Waals surface area contributed by atoms with Crippen molar-refractivity contribution >= 4 is 0 Å². The van der Waals surface area contributed by atoms with Crippen molar-refractivity contribution in [3.05, 3.63) is 53.0 Å². The van der Waals surface area contributed by atoms with Crippen LogP contribution < -0.4 is 10.5 Å². The summed E-state index contributed by atoms with van der Waals surface area (Å²) in [7, 11) is 0. The molecule has 0 saturated heterocycles. The Morgan fingerprint density at radius 3 is 2.75 bits per heavy atom. The SMILES string of the molecule is NCc1cc(F)cnc1Oc1ccc2c(c1)CCCC2. The van der Waals surface area contributed by atoms with Crippen LogP contribution in [-0.2, 0) is 19.4 Å². The van der Waals surface area contributed by atoms with Crippen LogP contribution in [0.3, 0.4) is 0 Å². The molecule has 1 aromatic heterocycles. The zero-order chi connectivity index (χ0) is 13.9. The molecule has 0 unspecified atom stereocenters. The molecule has 1 heterocycles. The summed E-state index contributed by atoms with van der Waals surface area (Å²) in [4.78, 5) is 3.98. The predicted molar refractivity (Wildman–Crippen MR) is 75.2 cm³/mol. The summed E-state index contributed by atoms with van der Waals surface area (Å²) in [6.07, 6.45) is 5.85. The third-order valence-electron chi connectivity index (χ3n) is 3.65. The molecule has 0 radical (unpaired) electrons. The van der Waals surface area contributed by atoms with Crippen LogP contribution >= 0.6 is 0 Å². The van der Waals surface area contributed by atoms with E-state index in [2.05, 4.69) is 17.1 Å². The van der Waals surface area contributed by atoms with E-state index >= 15 is 0 Å². The number of aromatic nitrogens is 1. The number of hydrogen-bond donors (Lipinski definition) is 1. The van der Waals surface area contributed by atoms with Gasteiger partial charge in [-0.3, -0.25) is 0 Å². The zero-order valence-electron chi connectivity index (χ0n) is 11.2. The highest BCUT2D eigenvalue weighted by atomic mass is 19.1. The lowest BCUT2D eigenvalue weighted by molar-refractivity contribution is 0.450. The Kier molecular flexibility index (Phi) is 3.65. The van der Waals surface area contributed by atoms with Crippen molar-refractivity contribution in [2.24, 2.45) is 5.73 Å². The van der Waals surface area contributed by atoms with Gasteiger partial charge in [-0.1, -0.05) is 6.07 Å². The number of nitrogens with two attached hydrogens (primary N) is 1. The maximum Gasteiger partial charge on any atom is 0.223 e. The van der Waals surface area contributed by atoms with E-state index in [1.54, 1.807) is 0 Å². The number of aryl methyl sites for hydroxylation is 2. The molecule has 104 valence electrons. The van der Waals surface area contributed by atoms with Crippen molar-refractivity contribution < 1.29 is 9.13 Å². The molecule has 3 rings (SSSR count). The van der Waals surface area contributed by atoms with Crippen LogP contribution in [0.2, 0.25) is 0 Å². The normalized spacial score (nSPS) is 13.9. The Morgan fingerprint density at radius 2 is 1.95 bits per heavy atom. The fourth-order valence-electron chi connectivity index (χ4n) is 2.59. The minimum absolute atomic E-state index is 0.199. The Hall–Kier alpha value is -1.94. The summed E-state index contributed by atoms with van der Waals surface area (Å²) in [6.45, 7) is 0.199. The van der Waals surface area contributed by atoms with E-state index in [0.717, 1.165) is 24.8 Å². The number of ether oxygens (including phenoxy) is 1. The first-order valence-electron chi connectivity index (χ1n) is 6.90. The van der Waals surface area contributed by atoms with Crippen molar-refractivity contribution in [3.63, 3.8) is 0 Å². The first kappa shape index (κ1) is 13.1. The molecule has 1 aliphatic carbocycles. The van der Waals surface area contributed by atoms with Crippen LogP contribution in [-0.4, -0.2) is 4.98 Å². The molecule has 0 spiro atoms. The standard InChI is InChI=1S/C16H17FN2O/c17-14-7-13(9-18)16(19-10-14)20-15-6-5-11-3-1-2-4-12(11)8-15/h5-8,10H,1-4,9,18H2. The predicted octanol–water partition coefficient (Wildman–Crippen LogP) is 3.35. The summed E-state index contributed by atoms with van der Waals surface area (Å²) in [5.41, 5.74) is 8.91. The second-order valence-corrected chi connectivity index (χ2v) is 5.06. The number of fused-ring (bicyclic) bond motifs is 1. The monoisotopic (exact) mass is 272 g/mol. The summed E-state index contributed by atoms with van der Waals surface area (Å²) >= 11 is 0. The lowest BCUT2D eigenvalue weighted by atomic mass is 9.92. The smallest absolute Gasteiger partial charge is 0.223 e. The summed E-state index contributed by atoms with van der Waals surface area (Å²) in [5, 5.41) is 0. The summed E-state index contributed by atoms with van der Waals surface area (Å²) < 4.78 is 18.9. The molecule has 3 nitrogen and oxygen atoms in total. The number of hydrogen-bond acceptors (Lipinski definition) is 3. The van der Waals surface area contributed by atoms with Gasteiger partial charge < -0.3 is 10.5 Å². The molecule has 1 aromatic carbocycles. The fraction of sp³-hybridized carbons (Fsp3) is 0.312. The fourth-order valence-corrected chi connectivity index (χ4v) is 2.59. The minimum Gasteiger partial charge on any atom is -0.439 e. The number of rotatable bonds is 3. The second-order valence-electron chi connectivity index (χ2n) is 5.06. The topological polar surface area (TPSA) is 48.1 Å². The minimum atomic E-state index is -0.400. The number of pyridine rings is 1. The molecular formula is C16H17FN2O. The molecule has 2 aromatic rings. The van der Waals surface area contributed by atoms with Gasteiger partial charge in [-0.25, -0.2) is 9.37 Å². The van der Waals surface area contributed by atoms with E-state index in [1.165, 1.54) is 30.0 Å². The van der Waals surface area contributed by atoms with Crippen LogP contribution in [0, 0.1) is 5.82 Å². The molecule has 0 aliphatic heterocycles. The first-order valence-corrected chi connectivity index (χ1v) is 6.90. The van der Waals surface area contributed by atoms with Crippen molar-refractivity contribution in [1.82, 2.24) is 4.98 Å². The quantitative estimate of drug-likeness (QED) is 0.932. The van der Waals surface area contributed by atoms with Gasteiger partial charge in [0, 0.05) is 12.1 Å². The molecule has 2 N–H and O–H groups in total. The van der Waals surface area contributed by atoms with Gasteiger partial charge in [0.25, 0.3) is 0 Å². The van der Waals surface area contributed by atoms with Crippen LogP contribution in [0.25, 0.3) is 0 Å². The molecule has 4 heteroatoms. The molecule has 0 amide bonds. The van der Waals surface area contributed by atoms with E-state index in [4.69, 9.17) is 10.5 Å². The highest BCUT2D eigenvalue weighted by molar-refractivity contribution is 5.39. The molecule has 20 heavy (non-hydrogen) atoms. The van der Waals surface area contributed by atoms with Crippen molar-refractivity contribution in [2.75, 3.05) is 0 Å². The Balaban J connectivity index is 1.87. The largest absolute Gasteiger partial charge is 0.439 e. The van der Waals surface area contributed by atoms with Crippen LogP contribution in [0.15, 0.2) is 30.5 Å². The van der Waals surface area contributed by atoms with Crippen LogP contribution in [0.1, 0.15) is 29.5 Å². The average molecular weight is 272 g/mol. The van der Waals surface area contributed by atoms with Crippen molar-refractivity contribution in [1.29, 1.82) is 0 Å². The summed E-state index contributed by atoms with van der Waals surface area (Å²) in [6, 6.07) is 7.46. The van der Waals surface area contributed by atoms with E-state index < -0.39 is 5.82 Å². The van der Waals surface area contributed by atoms with Crippen LogP contribution in [0.4, 0.5) is 4.39 Å². The van der Waals surface area contributed by atoms with Crippen molar-refractivity contribution in [3.8, 4) is 11.6 Å². The Labute approximate surface area is 117 Å². The molecule has 0 bridgehead atoms. The molecular weight excluding hydrogens is 255 g/mol. The van der Waals surface area contributed by atoms with Crippen LogP contribution in [0.5, 0.6) is 11.6 Å². The highest BCUT2D eigenvalue weighted by Gasteiger charge is 2.12. The van der Waals surface area contributed by atoms with Gasteiger partial charge in [-0.05, 0) is 55.0 Å². The third kappa shape index (κ3) is 2.65. The van der Waals surface area contributed by atoms with Gasteiger partial charge in [0.1, 0.15) is 11.6 Å². The van der Waals surface area contributed by atoms with Gasteiger partial charge in [-0.15, -0.1) is 0 Å². The van der Waals surface area contributed by atoms with E-state index in [1.807, 2.05) is 6.07 Å². The molecule has 0 saturated carbocycles. The number of halogens is 1. The molecule has 0 atom stereocenters. The summed E-state index contributed by atoms with van der Waals surface area (Å²) in [5.74, 6) is 0.715. The highest BCUT2D eigenvalue weighted by Crippen LogP contribution is 2.29. The molecule has 0 fully saturated rings. The Bertz CT molecular complexity index is 628. The van der Waals surface area contributed by atoms with E-state index in [0.29, 0.717) is 11.4 Å². The molecule has 1 aliphatic rings. The lowest BCUT2D eigenvalue weighted by Crippen LogP contribution is -2.04. The van der Waals surface area contributed by atoms with Gasteiger partial charge in [-0.2, -0.15) is 0 Å². The first-order chi connectivity index (χ1) is 9.76. The number of benzene rings is 1. The third-order valence-corrected chi connectivity index (χ3v) is 3.65.